The van der Waals surface area contributed by atoms with Gasteiger partial charge in [0.1, 0.15) is 0 Å². The predicted molar refractivity (Wildman–Crippen MR) is 109 cm³/mol. The first-order valence-corrected chi connectivity index (χ1v) is 10.6. The van der Waals surface area contributed by atoms with Crippen LogP contribution in [-0.4, -0.2) is 64.3 Å². The lowest BCUT2D eigenvalue weighted by molar-refractivity contribution is -0.149. The van der Waals surface area contributed by atoms with Crippen LogP contribution in [0.3, 0.4) is 0 Å². The monoisotopic (exact) mass is 418 g/mol. The van der Waals surface area contributed by atoms with Crippen molar-refractivity contribution in [1.29, 1.82) is 0 Å². The van der Waals surface area contributed by atoms with Crippen molar-refractivity contribution in [3.05, 3.63) is 35.2 Å². The average Bonchev–Trinajstić information content (AvgIpc) is 3.16. The van der Waals surface area contributed by atoms with Crippen LogP contribution in [0.5, 0.6) is 0 Å². The smallest absolute Gasteiger partial charge is 0.247 e. The van der Waals surface area contributed by atoms with Gasteiger partial charge in [-0.2, -0.15) is 0 Å². The topological polar surface area (TPSA) is 71.7 Å². The summed E-state index contributed by atoms with van der Waals surface area (Å²) in [4.78, 5) is 17.1. The molecule has 0 N–H and O–H groups in total. The molecule has 1 amide bonds. The van der Waals surface area contributed by atoms with Gasteiger partial charge in [0.2, 0.25) is 17.7 Å². The molecule has 2 fully saturated rings. The molecule has 4 rings (SSSR count). The van der Waals surface area contributed by atoms with Crippen LogP contribution < -0.4 is 0 Å². The number of piperidine rings is 1. The molecule has 8 heteroatoms. The number of hydrogen-bond acceptors (Lipinski definition) is 6. The van der Waals surface area contributed by atoms with Crippen LogP contribution in [0.25, 0.3) is 11.5 Å². The molecule has 7 nitrogen and oxygen atoms in total. The van der Waals surface area contributed by atoms with Crippen molar-refractivity contribution in [1.82, 2.24) is 20.0 Å². The van der Waals surface area contributed by atoms with Gasteiger partial charge in [-0.15, -0.1) is 10.2 Å². The number of benzene rings is 1. The molecule has 0 aliphatic carbocycles. The van der Waals surface area contributed by atoms with E-state index < -0.39 is 0 Å². The maximum Gasteiger partial charge on any atom is 0.247 e. The van der Waals surface area contributed by atoms with Crippen molar-refractivity contribution in [2.75, 3.05) is 26.2 Å². The Morgan fingerprint density at radius 3 is 2.41 bits per heavy atom. The number of halogens is 1. The molecule has 1 aromatic carbocycles. The van der Waals surface area contributed by atoms with Gasteiger partial charge in [-0.3, -0.25) is 9.69 Å². The molecule has 0 bridgehead atoms. The zero-order valence-electron chi connectivity index (χ0n) is 16.9. The van der Waals surface area contributed by atoms with Crippen molar-refractivity contribution in [3.8, 4) is 11.5 Å². The van der Waals surface area contributed by atoms with Gasteiger partial charge in [-0.25, -0.2) is 0 Å². The van der Waals surface area contributed by atoms with Gasteiger partial charge in [0.05, 0.1) is 18.8 Å². The molecule has 2 aliphatic heterocycles. The SMILES string of the molecule is CC1CN(C(=O)C2CCN(Cc3nnc(-c4ccc(Cl)cc4)o3)CC2)CC(C)O1. The molecular formula is C21H27ClN4O3. The number of morpholine rings is 1. The summed E-state index contributed by atoms with van der Waals surface area (Å²) in [5.74, 6) is 1.46. The fourth-order valence-corrected chi connectivity index (χ4v) is 4.30. The van der Waals surface area contributed by atoms with Crippen LogP contribution in [-0.2, 0) is 16.1 Å². The van der Waals surface area contributed by atoms with E-state index in [9.17, 15) is 4.79 Å². The lowest BCUT2D eigenvalue weighted by Gasteiger charge is -2.39. The summed E-state index contributed by atoms with van der Waals surface area (Å²) >= 11 is 5.92. The summed E-state index contributed by atoms with van der Waals surface area (Å²) in [6, 6.07) is 7.34. The molecule has 29 heavy (non-hydrogen) atoms. The Hall–Kier alpha value is -1.96. The summed E-state index contributed by atoms with van der Waals surface area (Å²) in [5, 5.41) is 8.99. The second-order valence-corrected chi connectivity index (χ2v) is 8.50. The highest BCUT2D eigenvalue weighted by Gasteiger charge is 2.32. The number of carbonyl (C=O) groups excluding carboxylic acids is 1. The van der Waals surface area contributed by atoms with Gasteiger partial charge in [0.25, 0.3) is 0 Å². The molecular weight excluding hydrogens is 392 g/mol. The molecule has 2 aliphatic rings. The lowest BCUT2D eigenvalue weighted by atomic mass is 9.94. The van der Waals surface area contributed by atoms with E-state index in [1.54, 1.807) is 12.1 Å². The number of rotatable bonds is 4. The second-order valence-electron chi connectivity index (χ2n) is 8.06. The lowest BCUT2D eigenvalue weighted by Crippen LogP contribution is -2.51. The first kappa shape index (κ1) is 20.3. The molecule has 156 valence electrons. The largest absolute Gasteiger partial charge is 0.419 e. The van der Waals surface area contributed by atoms with Gasteiger partial charge in [-0.05, 0) is 64.0 Å². The predicted octanol–water partition coefficient (Wildman–Crippen LogP) is 3.24. The minimum atomic E-state index is 0.0936. The Labute approximate surface area is 176 Å². The molecule has 2 aromatic rings. The highest BCUT2D eigenvalue weighted by atomic mass is 35.5. The third-order valence-corrected chi connectivity index (χ3v) is 5.84. The number of carbonyl (C=O) groups is 1. The first-order chi connectivity index (χ1) is 14.0. The molecule has 0 radical (unpaired) electrons. The highest BCUT2D eigenvalue weighted by Crippen LogP contribution is 2.24. The molecule has 1 aromatic heterocycles. The van der Waals surface area contributed by atoms with Crippen LogP contribution in [0.2, 0.25) is 5.02 Å². The summed E-state index contributed by atoms with van der Waals surface area (Å²) in [6.45, 7) is 7.75. The number of amides is 1. The Morgan fingerprint density at radius 1 is 1.10 bits per heavy atom. The number of nitrogens with zero attached hydrogens (tertiary/aromatic N) is 4. The summed E-state index contributed by atoms with van der Waals surface area (Å²) < 4.78 is 11.6. The highest BCUT2D eigenvalue weighted by molar-refractivity contribution is 6.30. The molecule has 0 spiro atoms. The van der Waals surface area contributed by atoms with Gasteiger partial charge in [0.15, 0.2) is 0 Å². The van der Waals surface area contributed by atoms with E-state index in [1.807, 2.05) is 30.9 Å². The molecule has 3 heterocycles. The second kappa shape index (κ2) is 8.81. The minimum absolute atomic E-state index is 0.0936. The number of aromatic nitrogens is 2. The Kier molecular flexibility index (Phi) is 6.18. The fraction of sp³-hybridized carbons (Fsp3) is 0.571. The summed E-state index contributed by atoms with van der Waals surface area (Å²) in [6.07, 6.45) is 1.93. The maximum atomic E-state index is 12.9. The van der Waals surface area contributed by atoms with E-state index in [1.165, 1.54) is 0 Å². The maximum absolute atomic E-state index is 12.9. The van der Waals surface area contributed by atoms with Gasteiger partial charge in [0, 0.05) is 29.6 Å². The zero-order chi connectivity index (χ0) is 20.4. The normalized spacial score (nSPS) is 24.0. The van der Waals surface area contributed by atoms with Crippen molar-refractivity contribution < 1.29 is 13.9 Å². The van der Waals surface area contributed by atoms with Crippen LogP contribution in [0.1, 0.15) is 32.6 Å². The molecule has 2 atom stereocenters. The molecule has 2 saturated heterocycles. The van der Waals surface area contributed by atoms with E-state index in [0.29, 0.717) is 36.4 Å². The van der Waals surface area contributed by atoms with Gasteiger partial charge in [-0.1, -0.05) is 11.6 Å². The van der Waals surface area contributed by atoms with Crippen LogP contribution >= 0.6 is 11.6 Å². The average molecular weight is 419 g/mol. The Morgan fingerprint density at radius 2 is 1.76 bits per heavy atom. The number of hydrogen-bond donors (Lipinski definition) is 0. The number of ether oxygens (including phenoxy) is 1. The van der Waals surface area contributed by atoms with E-state index in [-0.39, 0.29) is 24.0 Å². The fourth-order valence-electron chi connectivity index (χ4n) is 4.17. The van der Waals surface area contributed by atoms with Crippen molar-refractivity contribution >= 4 is 17.5 Å². The van der Waals surface area contributed by atoms with Crippen LogP contribution in [0.15, 0.2) is 28.7 Å². The van der Waals surface area contributed by atoms with Gasteiger partial charge >= 0.3 is 0 Å². The molecule has 0 saturated carbocycles. The first-order valence-electron chi connectivity index (χ1n) is 10.2. The van der Waals surface area contributed by atoms with Crippen molar-refractivity contribution in [2.45, 2.75) is 45.4 Å². The summed E-state index contributed by atoms with van der Waals surface area (Å²) in [7, 11) is 0. The van der Waals surface area contributed by atoms with Crippen LogP contribution in [0.4, 0.5) is 0 Å². The molecule has 2 unspecified atom stereocenters. The quantitative estimate of drug-likeness (QED) is 0.759. The van der Waals surface area contributed by atoms with E-state index in [2.05, 4.69) is 15.1 Å². The number of likely N-dealkylation sites (tertiary alicyclic amines) is 1. The Balaban J connectivity index is 1.29. The van der Waals surface area contributed by atoms with Crippen LogP contribution in [0, 0.1) is 5.92 Å². The summed E-state index contributed by atoms with van der Waals surface area (Å²) in [5.41, 5.74) is 0.853. The standard InChI is InChI=1S/C21H27ClN4O3/c1-14-11-26(12-15(2)28-14)21(27)17-7-9-25(10-8-17)13-19-23-24-20(29-19)16-3-5-18(22)6-4-16/h3-6,14-15,17H,7-13H2,1-2H3. The van der Waals surface area contributed by atoms with Gasteiger partial charge < -0.3 is 14.1 Å². The third kappa shape index (κ3) is 4.97. The van der Waals surface area contributed by atoms with E-state index in [4.69, 9.17) is 20.8 Å². The van der Waals surface area contributed by atoms with E-state index in [0.717, 1.165) is 31.5 Å². The van der Waals surface area contributed by atoms with Crippen molar-refractivity contribution in [2.24, 2.45) is 5.92 Å². The van der Waals surface area contributed by atoms with Crippen molar-refractivity contribution in [3.63, 3.8) is 0 Å². The minimum Gasteiger partial charge on any atom is -0.419 e. The van der Waals surface area contributed by atoms with E-state index >= 15 is 0 Å². The third-order valence-electron chi connectivity index (χ3n) is 5.58. The zero-order valence-corrected chi connectivity index (χ0v) is 17.6. The Bertz CT molecular complexity index is 823.